The molecular weight excluding hydrogens is 1120 g/mol. The predicted molar refractivity (Wildman–Crippen MR) is 318 cm³/mol. The average Bonchev–Trinajstić information content (AvgIpc) is 4.07. The Kier molecular flexibility index (Phi) is 22.9. The third-order valence-corrected chi connectivity index (χ3v) is 14.5. The van der Waals surface area contributed by atoms with Gasteiger partial charge >= 0.3 is 17.9 Å². The molecule has 446 valence electrons. The summed E-state index contributed by atoms with van der Waals surface area (Å²) < 4.78 is 102. The Hall–Kier alpha value is -8.72. The van der Waals surface area contributed by atoms with E-state index in [1.165, 1.54) is 53.9 Å². The Morgan fingerprint density at radius 1 is 0.729 bits per heavy atom. The first kappa shape index (κ1) is 62.3. The van der Waals surface area contributed by atoms with E-state index in [0.29, 0.717) is 72.7 Å². The van der Waals surface area contributed by atoms with Crippen molar-refractivity contribution >= 4 is 67.7 Å². The second-order valence-electron chi connectivity index (χ2n) is 19.6. The van der Waals surface area contributed by atoms with Crippen LogP contribution < -0.4 is 33.4 Å². The van der Waals surface area contributed by atoms with Crippen LogP contribution >= 0.6 is 11.3 Å². The lowest BCUT2D eigenvalue weighted by atomic mass is 9.99. The lowest BCUT2D eigenvalue weighted by Crippen LogP contribution is -2.51. The van der Waals surface area contributed by atoms with Gasteiger partial charge in [0.25, 0.3) is 0 Å². The number of ether oxygens (including phenoxy) is 10. The van der Waals surface area contributed by atoms with Crippen LogP contribution in [0.15, 0.2) is 145 Å². The second-order valence-corrected chi connectivity index (χ2v) is 20.6. The molecule has 16 nitrogen and oxygen atoms in total. The number of hydrazone groups is 1. The highest BCUT2D eigenvalue weighted by atomic mass is 32.1. The smallest absolute Gasteiger partial charge is 0.366 e. The van der Waals surface area contributed by atoms with Crippen molar-refractivity contribution < 1.29 is 74.9 Å². The number of thiazole rings is 1. The van der Waals surface area contributed by atoms with E-state index in [1.807, 2.05) is 60.7 Å². The Bertz CT molecular complexity index is 3450. The Balaban J connectivity index is 0.907. The van der Waals surface area contributed by atoms with Crippen molar-refractivity contribution in [2.24, 2.45) is 5.10 Å². The van der Waals surface area contributed by atoms with E-state index in [0.717, 1.165) is 71.3 Å². The van der Waals surface area contributed by atoms with Gasteiger partial charge in [-0.1, -0.05) is 87.1 Å². The van der Waals surface area contributed by atoms with Gasteiger partial charge in [-0.15, -0.1) is 0 Å². The molecule has 1 fully saturated rings. The number of methoxy groups -OCH3 is 1. The number of rotatable bonds is 34. The summed E-state index contributed by atoms with van der Waals surface area (Å²) in [5, 5.41) is 8.46. The summed E-state index contributed by atoms with van der Waals surface area (Å²) in [7, 11) is 1.51. The fourth-order valence-electron chi connectivity index (χ4n) is 8.66. The van der Waals surface area contributed by atoms with Gasteiger partial charge in [0.15, 0.2) is 28.9 Å². The molecule has 85 heavy (non-hydrogen) atoms. The molecule has 20 heteroatoms. The zero-order chi connectivity index (χ0) is 60.0. The van der Waals surface area contributed by atoms with Crippen LogP contribution in [0.2, 0.25) is 0 Å². The number of esters is 3. The molecule has 7 aromatic rings. The molecule has 0 bridgehead atoms. The van der Waals surface area contributed by atoms with Crippen LogP contribution in [0.3, 0.4) is 0 Å². The van der Waals surface area contributed by atoms with Gasteiger partial charge in [0.1, 0.15) is 42.7 Å². The van der Waals surface area contributed by atoms with Crippen LogP contribution in [-0.2, 0) is 46.5 Å². The molecule has 8 rings (SSSR count). The molecular formula is C65H66F3N3O13S. The molecule has 1 aliphatic heterocycles. The monoisotopic (exact) mass is 1190 g/mol. The number of carbonyl (C=O) groups excluding carboxylic acids is 3. The molecule has 0 unspecified atom stereocenters. The quantitative estimate of drug-likeness (QED) is 0.00931. The number of aromatic nitrogens is 1. The zero-order valence-electron chi connectivity index (χ0n) is 47.3. The van der Waals surface area contributed by atoms with Crippen molar-refractivity contribution in [1.29, 1.82) is 0 Å². The molecule has 0 radical (unpaired) electrons. The summed E-state index contributed by atoms with van der Waals surface area (Å²) in [5.74, 6) is -4.05. The van der Waals surface area contributed by atoms with Crippen LogP contribution in [0.4, 0.5) is 18.3 Å². The Morgan fingerprint density at radius 2 is 1.45 bits per heavy atom. The summed E-state index contributed by atoms with van der Waals surface area (Å²) in [6.45, 7) is 10.8. The van der Waals surface area contributed by atoms with Crippen LogP contribution in [0.25, 0.3) is 27.1 Å². The minimum atomic E-state index is -1.26. The van der Waals surface area contributed by atoms with Crippen molar-refractivity contribution in [3.8, 4) is 34.5 Å². The van der Waals surface area contributed by atoms with Gasteiger partial charge < -0.3 is 47.4 Å². The number of halogens is 3. The van der Waals surface area contributed by atoms with E-state index >= 15 is 8.78 Å². The van der Waals surface area contributed by atoms with Crippen molar-refractivity contribution in [2.45, 2.75) is 70.7 Å². The molecule has 1 aliphatic rings. The SMILES string of the molecule is C=CC(=O)OCCCOc1ccc2cc(COc3ccc(/C=C/C(=O)Oc4ccc(OCc5cc(F)c(OCCCCCCCOC6(CC)COC6)c(F)c5)c(/C=N/N(CCOC(=O)C(=C)F)c5nc6ccccc6s5)c4)cc3OC)ccc2c1. The molecule has 0 aliphatic carbocycles. The number of anilines is 1. The van der Waals surface area contributed by atoms with Crippen molar-refractivity contribution in [2.75, 3.05) is 64.9 Å². The minimum absolute atomic E-state index is 0.0635. The molecule has 1 saturated heterocycles. The summed E-state index contributed by atoms with van der Waals surface area (Å²) in [6.07, 6.45) is 11.0. The predicted octanol–water partition coefficient (Wildman–Crippen LogP) is 13.4. The average molecular weight is 1190 g/mol. The number of fused-ring (bicyclic) bond motifs is 2. The number of benzene rings is 6. The summed E-state index contributed by atoms with van der Waals surface area (Å²) in [6, 6.07) is 31.1. The van der Waals surface area contributed by atoms with E-state index < -0.39 is 41.1 Å². The molecule has 1 aromatic heterocycles. The van der Waals surface area contributed by atoms with Crippen molar-refractivity contribution in [3.05, 3.63) is 174 Å². The van der Waals surface area contributed by atoms with Gasteiger partial charge in [-0.25, -0.2) is 33.2 Å². The number of para-hydroxylation sites is 1. The lowest BCUT2D eigenvalue weighted by Gasteiger charge is -2.40. The van der Waals surface area contributed by atoms with Gasteiger partial charge in [-0.2, -0.15) is 9.49 Å². The van der Waals surface area contributed by atoms with E-state index in [4.69, 9.17) is 47.4 Å². The van der Waals surface area contributed by atoms with E-state index in [-0.39, 0.29) is 67.8 Å². The molecule has 6 aromatic carbocycles. The summed E-state index contributed by atoms with van der Waals surface area (Å²) in [4.78, 5) is 41.3. The molecule has 0 amide bonds. The highest BCUT2D eigenvalue weighted by Gasteiger charge is 2.37. The molecule has 0 saturated carbocycles. The molecule has 0 N–H and O–H groups in total. The number of nitrogens with zero attached hydrogens (tertiary/aromatic N) is 3. The first-order chi connectivity index (χ1) is 41.3. The van der Waals surface area contributed by atoms with E-state index in [9.17, 15) is 18.8 Å². The third-order valence-electron chi connectivity index (χ3n) is 13.4. The van der Waals surface area contributed by atoms with Crippen molar-refractivity contribution in [1.82, 2.24) is 4.98 Å². The fraction of sp³-hybridized carbons (Fsp3) is 0.308. The van der Waals surface area contributed by atoms with Gasteiger partial charge in [-0.05, 0) is 126 Å². The van der Waals surface area contributed by atoms with Crippen LogP contribution in [0, 0.1) is 11.6 Å². The van der Waals surface area contributed by atoms with Crippen molar-refractivity contribution in [3.63, 3.8) is 0 Å². The Labute approximate surface area is 494 Å². The van der Waals surface area contributed by atoms with Gasteiger partial charge in [-0.3, -0.25) is 0 Å². The first-order valence-electron chi connectivity index (χ1n) is 27.7. The fourth-order valence-corrected chi connectivity index (χ4v) is 9.61. The topological polar surface area (TPSA) is 172 Å². The van der Waals surface area contributed by atoms with E-state index in [1.54, 1.807) is 24.3 Å². The van der Waals surface area contributed by atoms with Gasteiger partial charge in [0.05, 0.1) is 63.1 Å². The maximum absolute atomic E-state index is 15.4. The van der Waals surface area contributed by atoms with Crippen LogP contribution in [0.1, 0.15) is 74.1 Å². The summed E-state index contributed by atoms with van der Waals surface area (Å²) >= 11 is 1.30. The minimum Gasteiger partial charge on any atom is -0.493 e. The highest BCUT2D eigenvalue weighted by molar-refractivity contribution is 7.22. The number of hydrogen-bond donors (Lipinski definition) is 0. The maximum atomic E-state index is 15.4. The molecule has 2 heterocycles. The van der Waals surface area contributed by atoms with Gasteiger partial charge in [0.2, 0.25) is 11.0 Å². The maximum Gasteiger partial charge on any atom is 0.366 e. The lowest BCUT2D eigenvalue weighted by molar-refractivity contribution is -0.211. The molecule has 0 atom stereocenters. The van der Waals surface area contributed by atoms with E-state index in [2.05, 4.69) is 30.2 Å². The molecule has 0 spiro atoms. The Morgan fingerprint density at radius 3 is 2.20 bits per heavy atom. The van der Waals surface area contributed by atoms with Gasteiger partial charge in [0, 0.05) is 30.7 Å². The number of hydrogen-bond acceptors (Lipinski definition) is 17. The standard InChI is InChI=1S/C65H66F3N3O13S/c1-5-60(72)78-30-14-29-77-51-22-21-48-33-46(17-20-49(48)37-51)40-82-57-24-18-45(36-58(57)75-4)19-26-61(73)84-52-23-25-56(50(38-52)39-69-71(27-32-80-63(74)44(3)66)64-70-55-15-10-11-16-59(55)85-64)81-41-47-34-53(67)62(54(68)35-47)79-28-12-8-7-9-13-31-83-65(6-2)42-76-43-65/h5,10-11,15-26,33-39H,1,3,6-9,12-14,27-32,40-43H2,2,4H3/b26-19+,69-39+. The third kappa shape index (κ3) is 18.4. The first-order valence-corrected chi connectivity index (χ1v) is 28.6. The summed E-state index contributed by atoms with van der Waals surface area (Å²) in [5.41, 5.74) is 2.50. The normalized spacial score (nSPS) is 12.7. The number of carbonyl (C=O) groups is 3. The second kappa shape index (κ2) is 31.3. The number of unbranched alkanes of at least 4 members (excludes halogenated alkanes) is 4. The van der Waals surface area contributed by atoms with Crippen LogP contribution in [-0.4, -0.2) is 94.6 Å². The highest BCUT2D eigenvalue weighted by Crippen LogP contribution is 2.33. The zero-order valence-corrected chi connectivity index (χ0v) is 48.1. The largest absolute Gasteiger partial charge is 0.493 e. The van der Waals surface area contributed by atoms with Crippen LogP contribution in [0.5, 0.6) is 34.5 Å².